The summed E-state index contributed by atoms with van der Waals surface area (Å²) in [7, 11) is 0. The number of nitrogens with zero attached hydrogens (tertiary/aromatic N) is 1. The first kappa shape index (κ1) is 15.7. The number of aliphatic imine (C=N–C) groups is 1. The molecule has 1 amide bonds. The standard InChI is InChI=1S/C20H24N2O/c1-4-13(2)12-21-20(23)19-18(14(3)22-19)17-11-7-9-15-8-5-6-10-16(15)17/h5-11,13,18-19H,4,12H2,1-3H3,(H,21,23)/t13-,18?,19?/m0/s1. The Morgan fingerprint density at radius 3 is 2.70 bits per heavy atom. The molecule has 0 aliphatic carbocycles. The highest BCUT2D eigenvalue weighted by Crippen LogP contribution is 2.36. The molecule has 0 spiro atoms. The minimum absolute atomic E-state index is 0.0498. The van der Waals surface area contributed by atoms with Crippen LogP contribution in [0.3, 0.4) is 0 Å². The van der Waals surface area contributed by atoms with Crippen molar-refractivity contribution >= 4 is 22.4 Å². The highest BCUT2D eigenvalue weighted by molar-refractivity contribution is 6.06. The molecule has 0 bridgehead atoms. The van der Waals surface area contributed by atoms with E-state index in [0.29, 0.717) is 5.92 Å². The van der Waals surface area contributed by atoms with Crippen molar-refractivity contribution in [3.63, 3.8) is 0 Å². The second-order valence-electron chi connectivity index (χ2n) is 6.52. The number of hydrogen-bond donors (Lipinski definition) is 1. The maximum atomic E-state index is 12.5. The first-order valence-electron chi connectivity index (χ1n) is 8.41. The minimum Gasteiger partial charge on any atom is -0.354 e. The van der Waals surface area contributed by atoms with Gasteiger partial charge in [-0.3, -0.25) is 9.79 Å². The van der Waals surface area contributed by atoms with Crippen LogP contribution in [0.4, 0.5) is 0 Å². The van der Waals surface area contributed by atoms with Gasteiger partial charge in [-0.25, -0.2) is 0 Å². The van der Waals surface area contributed by atoms with Crippen molar-refractivity contribution in [2.45, 2.75) is 39.2 Å². The highest BCUT2D eigenvalue weighted by atomic mass is 16.2. The number of carbonyl (C=O) groups is 1. The first-order chi connectivity index (χ1) is 11.1. The average molecular weight is 308 g/mol. The summed E-state index contributed by atoms with van der Waals surface area (Å²) in [5, 5.41) is 5.49. The lowest BCUT2D eigenvalue weighted by molar-refractivity contribution is -0.123. The lowest BCUT2D eigenvalue weighted by Gasteiger charge is -2.33. The maximum Gasteiger partial charge on any atom is 0.245 e. The van der Waals surface area contributed by atoms with E-state index < -0.39 is 0 Å². The summed E-state index contributed by atoms with van der Waals surface area (Å²) in [5.74, 6) is 0.645. The van der Waals surface area contributed by atoms with Gasteiger partial charge in [-0.1, -0.05) is 62.7 Å². The molecule has 1 aliphatic heterocycles. The van der Waals surface area contributed by atoms with E-state index in [2.05, 4.69) is 60.6 Å². The Hall–Kier alpha value is -2.16. The highest BCUT2D eigenvalue weighted by Gasteiger charge is 2.39. The first-order valence-corrected chi connectivity index (χ1v) is 8.41. The zero-order valence-electron chi connectivity index (χ0n) is 14.0. The van der Waals surface area contributed by atoms with Crippen LogP contribution in [0.2, 0.25) is 0 Å². The van der Waals surface area contributed by atoms with E-state index in [1.54, 1.807) is 0 Å². The SMILES string of the molecule is CC[C@H](C)CNC(=O)C1N=C(C)C1c1cccc2ccccc12. The van der Waals surface area contributed by atoms with Gasteiger partial charge in [-0.05, 0) is 29.2 Å². The van der Waals surface area contributed by atoms with Crippen LogP contribution in [0.15, 0.2) is 47.5 Å². The maximum absolute atomic E-state index is 12.5. The van der Waals surface area contributed by atoms with Crippen LogP contribution in [0, 0.1) is 5.92 Å². The second-order valence-corrected chi connectivity index (χ2v) is 6.52. The van der Waals surface area contributed by atoms with E-state index in [0.717, 1.165) is 18.7 Å². The topological polar surface area (TPSA) is 41.5 Å². The molecular weight excluding hydrogens is 284 g/mol. The zero-order valence-corrected chi connectivity index (χ0v) is 14.0. The number of hydrogen-bond acceptors (Lipinski definition) is 2. The van der Waals surface area contributed by atoms with E-state index in [9.17, 15) is 4.79 Å². The van der Waals surface area contributed by atoms with Crippen LogP contribution in [-0.4, -0.2) is 24.2 Å². The minimum atomic E-state index is -0.287. The number of amides is 1. The summed E-state index contributed by atoms with van der Waals surface area (Å²) in [6, 6.07) is 14.4. The van der Waals surface area contributed by atoms with Crippen molar-refractivity contribution in [3.8, 4) is 0 Å². The van der Waals surface area contributed by atoms with Crippen LogP contribution < -0.4 is 5.32 Å². The summed E-state index contributed by atoms with van der Waals surface area (Å²) in [5.41, 5.74) is 2.25. The molecule has 2 aromatic carbocycles. The molecule has 23 heavy (non-hydrogen) atoms. The predicted octanol–water partition coefficient (Wildman–Crippen LogP) is 3.93. The lowest BCUT2D eigenvalue weighted by Crippen LogP contribution is -2.46. The molecule has 1 aliphatic rings. The zero-order chi connectivity index (χ0) is 16.4. The van der Waals surface area contributed by atoms with Crippen molar-refractivity contribution in [1.29, 1.82) is 0 Å². The van der Waals surface area contributed by atoms with E-state index in [-0.39, 0.29) is 17.9 Å². The summed E-state index contributed by atoms with van der Waals surface area (Å²) < 4.78 is 0. The summed E-state index contributed by atoms with van der Waals surface area (Å²) in [6.07, 6.45) is 1.07. The third-order valence-corrected chi connectivity index (χ3v) is 4.86. The summed E-state index contributed by atoms with van der Waals surface area (Å²) >= 11 is 0. The fourth-order valence-corrected chi connectivity index (χ4v) is 3.17. The monoisotopic (exact) mass is 308 g/mol. The average Bonchev–Trinajstić information content (AvgIpc) is 2.57. The molecule has 3 rings (SSSR count). The lowest BCUT2D eigenvalue weighted by atomic mass is 9.80. The smallest absolute Gasteiger partial charge is 0.245 e. The van der Waals surface area contributed by atoms with Gasteiger partial charge in [0.2, 0.25) is 5.91 Å². The Kier molecular flexibility index (Phi) is 4.46. The normalized spacial score (nSPS) is 21.4. The summed E-state index contributed by atoms with van der Waals surface area (Å²) in [6.45, 7) is 7.03. The van der Waals surface area contributed by atoms with Crippen molar-refractivity contribution in [2.75, 3.05) is 6.54 Å². The van der Waals surface area contributed by atoms with Crippen LogP contribution in [0.25, 0.3) is 10.8 Å². The van der Waals surface area contributed by atoms with Crippen molar-refractivity contribution in [2.24, 2.45) is 10.9 Å². The molecule has 0 saturated heterocycles. The second kappa shape index (κ2) is 6.53. The van der Waals surface area contributed by atoms with Gasteiger partial charge < -0.3 is 5.32 Å². The van der Waals surface area contributed by atoms with Gasteiger partial charge in [0, 0.05) is 12.3 Å². The summed E-state index contributed by atoms with van der Waals surface area (Å²) in [4.78, 5) is 17.0. The van der Waals surface area contributed by atoms with E-state index in [4.69, 9.17) is 0 Å². The predicted molar refractivity (Wildman–Crippen MR) is 96.1 cm³/mol. The van der Waals surface area contributed by atoms with Gasteiger partial charge >= 0.3 is 0 Å². The molecule has 120 valence electrons. The number of nitrogens with one attached hydrogen (secondary N) is 1. The Bertz CT molecular complexity index is 745. The number of carbonyl (C=O) groups excluding carboxylic acids is 1. The Balaban J connectivity index is 1.84. The largest absolute Gasteiger partial charge is 0.354 e. The molecule has 3 atom stereocenters. The molecule has 3 heteroatoms. The van der Waals surface area contributed by atoms with E-state index in [1.807, 2.05) is 13.0 Å². The fourth-order valence-electron chi connectivity index (χ4n) is 3.17. The molecule has 0 fully saturated rings. The Morgan fingerprint density at radius 1 is 1.22 bits per heavy atom. The van der Waals surface area contributed by atoms with Gasteiger partial charge in [0.1, 0.15) is 6.04 Å². The molecular formula is C20H24N2O. The molecule has 1 heterocycles. The van der Waals surface area contributed by atoms with E-state index >= 15 is 0 Å². The molecule has 3 nitrogen and oxygen atoms in total. The third kappa shape index (κ3) is 3.00. The Labute approximate surface area is 137 Å². The van der Waals surface area contributed by atoms with Gasteiger partial charge in [0.25, 0.3) is 0 Å². The number of fused-ring (bicyclic) bond motifs is 1. The quantitative estimate of drug-likeness (QED) is 0.893. The van der Waals surface area contributed by atoms with Gasteiger partial charge in [0.05, 0.1) is 5.92 Å². The molecule has 2 aromatic rings. The number of benzene rings is 2. The molecule has 0 saturated carbocycles. The fraction of sp³-hybridized carbons (Fsp3) is 0.400. The van der Waals surface area contributed by atoms with Crippen LogP contribution in [0.1, 0.15) is 38.7 Å². The van der Waals surface area contributed by atoms with Crippen LogP contribution in [0.5, 0.6) is 0 Å². The molecule has 1 N–H and O–H groups in total. The molecule has 2 unspecified atom stereocenters. The van der Waals surface area contributed by atoms with Crippen LogP contribution >= 0.6 is 0 Å². The van der Waals surface area contributed by atoms with Gasteiger partial charge in [0.15, 0.2) is 0 Å². The van der Waals surface area contributed by atoms with Crippen molar-refractivity contribution < 1.29 is 4.79 Å². The molecule has 0 aromatic heterocycles. The van der Waals surface area contributed by atoms with Crippen molar-refractivity contribution in [3.05, 3.63) is 48.0 Å². The Morgan fingerprint density at radius 2 is 1.96 bits per heavy atom. The van der Waals surface area contributed by atoms with Gasteiger partial charge in [-0.15, -0.1) is 0 Å². The van der Waals surface area contributed by atoms with E-state index in [1.165, 1.54) is 16.3 Å². The molecule has 0 radical (unpaired) electrons. The number of rotatable bonds is 5. The van der Waals surface area contributed by atoms with Crippen LogP contribution in [-0.2, 0) is 4.79 Å². The van der Waals surface area contributed by atoms with Crippen molar-refractivity contribution in [1.82, 2.24) is 5.32 Å². The van der Waals surface area contributed by atoms with Gasteiger partial charge in [-0.2, -0.15) is 0 Å². The third-order valence-electron chi connectivity index (χ3n) is 4.86.